The van der Waals surface area contributed by atoms with Gasteiger partial charge in [-0.15, -0.1) is 24.8 Å². The van der Waals surface area contributed by atoms with Crippen LogP contribution in [0, 0.1) is 0 Å². The van der Waals surface area contributed by atoms with Gasteiger partial charge in [-0.1, -0.05) is 0 Å². The number of hydrogen-bond acceptors (Lipinski definition) is 4. The predicted octanol–water partition coefficient (Wildman–Crippen LogP) is 0.750. The molecule has 1 aliphatic heterocycles. The van der Waals surface area contributed by atoms with Crippen LogP contribution in [0.1, 0.15) is 19.8 Å². The predicted molar refractivity (Wildman–Crippen MR) is 82.3 cm³/mol. The maximum atomic E-state index is 11.8. The standard InChI is InChI=1S/C12H25N3O2.2ClH/c1-2-17-11-10-14-6-8-15(9-7-14)12(16)4-3-5-13;;/h2-11,13H2,1H3;2*1H. The van der Waals surface area contributed by atoms with Gasteiger partial charge in [0.05, 0.1) is 6.61 Å². The Morgan fingerprint density at radius 1 is 1.21 bits per heavy atom. The average molecular weight is 316 g/mol. The molecule has 0 atom stereocenters. The molecule has 1 aliphatic rings. The van der Waals surface area contributed by atoms with E-state index < -0.39 is 0 Å². The molecule has 0 aromatic carbocycles. The number of ether oxygens (including phenoxy) is 1. The van der Waals surface area contributed by atoms with Crippen molar-refractivity contribution in [1.82, 2.24) is 9.80 Å². The van der Waals surface area contributed by atoms with Crippen LogP contribution >= 0.6 is 24.8 Å². The summed E-state index contributed by atoms with van der Waals surface area (Å²) in [6, 6.07) is 0. The summed E-state index contributed by atoms with van der Waals surface area (Å²) < 4.78 is 5.33. The molecule has 0 bridgehead atoms. The Morgan fingerprint density at radius 3 is 2.37 bits per heavy atom. The van der Waals surface area contributed by atoms with E-state index in [4.69, 9.17) is 10.5 Å². The highest BCUT2D eigenvalue weighted by Crippen LogP contribution is 2.04. The van der Waals surface area contributed by atoms with Crippen molar-refractivity contribution in [2.45, 2.75) is 19.8 Å². The van der Waals surface area contributed by atoms with Gasteiger partial charge < -0.3 is 15.4 Å². The first-order chi connectivity index (χ1) is 8.27. The topological polar surface area (TPSA) is 58.8 Å². The van der Waals surface area contributed by atoms with Crippen molar-refractivity contribution < 1.29 is 9.53 Å². The van der Waals surface area contributed by atoms with Crippen molar-refractivity contribution >= 4 is 30.7 Å². The molecule has 0 aromatic heterocycles. The van der Waals surface area contributed by atoms with Crippen LogP contribution in [0.3, 0.4) is 0 Å². The maximum Gasteiger partial charge on any atom is 0.222 e. The van der Waals surface area contributed by atoms with Gasteiger partial charge in [-0.2, -0.15) is 0 Å². The molecule has 0 saturated carbocycles. The molecule has 0 unspecified atom stereocenters. The first kappa shape index (κ1) is 21.2. The zero-order valence-corrected chi connectivity index (χ0v) is 13.3. The van der Waals surface area contributed by atoms with Gasteiger partial charge in [-0.3, -0.25) is 9.69 Å². The fraction of sp³-hybridized carbons (Fsp3) is 0.917. The summed E-state index contributed by atoms with van der Waals surface area (Å²) in [5.74, 6) is 0.250. The Labute approximate surface area is 128 Å². The maximum absolute atomic E-state index is 11.8. The molecule has 7 heteroatoms. The monoisotopic (exact) mass is 315 g/mol. The van der Waals surface area contributed by atoms with E-state index in [1.807, 2.05) is 11.8 Å². The normalized spacial score (nSPS) is 15.6. The average Bonchev–Trinajstić information content (AvgIpc) is 2.37. The third-order valence-electron chi connectivity index (χ3n) is 3.08. The van der Waals surface area contributed by atoms with Gasteiger partial charge in [0.15, 0.2) is 0 Å². The SMILES string of the molecule is CCOCCN1CCN(C(=O)CCCN)CC1.Cl.Cl. The van der Waals surface area contributed by atoms with Crippen molar-refractivity contribution in [2.24, 2.45) is 5.73 Å². The highest BCUT2D eigenvalue weighted by atomic mass is 35.5. The molecule has 0 aliphatic carbocycles. The molecule has 2 N–H and O–H groups in total. The van der Waals surface area contributed by atoms with Crippen LogP contribution in [0.2, 0.25) is 0 Å². The molecule has 1 saturated heterocycles. The molecule has 0 radical (unpaired) electrons. The number of carbonyl (C=O) groups is 1. The second-order valence-corrected chi connectivity index (χ2v) is 4.31. The summed E-state index contributed by atoms with van der Waals surface area (Å²) in [5.41, 5.74) is 5.40. The Balaban J connectivity index is 0. The van der Waals surface area contributed by atoms with Crippen LogP contribution in [0.15, 0.2) is 0 Å². The van der Waals surface area contributed by atoms with Gasteiger partial charge in [0, 0.05) is 45.8 Å². The quantitative estimate of drug-likeness (QED) is 0.704. The molecule has 1 fully saturated rings. The fourth-order valence-electron chi connectivity index (χ4n) is 1.97. The van der Waals surface area contributed by atoms with Gasteiger partial charge >= 0.3 is 0 Å². The highest BCUT2D eigenvalue weighted by Gasteiger charge is 2.19. The van der Waals surface area contributed by atoms with Gasteiger partial charge in [0.25, 0.3) is 0 Å². The third kappa shape index (κ3) is 8.65. The Morgan fingerprint density at radius 2 is 1.84 bits per heavy atom. The van der Waals surface area contributed by atoms with E-state index in [9.17, 15) is 4.79 Å². The molecule has 1 rings (SSSR count). The van der Waals surface area contributed by atoms with E-state index >= 15 is 0 Å². The lowest BCUT2D eigenvalue weighted by Crippen LogP contribution is -2.49. The molecule has 1 heterocycles. The van der Waals surface area contributed by atoms with Crippen LogP contribution in [-0.2, 0) is 9.53 Å². The second kappa shape index (κ2) is 12.9. The Kier molecular flexibility index (Phi) is 14.5. The van der Waals surface area contributed by atoms with Gasteiger partial charge in [0.1, 0.15) is 0 Å². The second-order valence-electron chi connectivity index (χ2n) is 4.31. The smallest absolute Gasteiger partial charge is 0.222 e. The van der Waals surface area contributed by atoms with Crippen molar-refractivity contribution in [2.75, 3.05) is 52.5 Å². The first-order valence-corrected chi connectivity index (χ1v) is 6.56. The van der Waals surface area contributed by atoms with Crippen molar-refractivity contribution in [1.29, 1.82) is 0 Å². The van der Waals surface area contributed by atoms with E-state index in [1.54, 1.807) is 0 Å². The zero-order valence-electron chi connectivity index (χ0n) is 11.7. The summed E-state index contributed by atoms with van der Waals surface area (Å²) in [7, 11) is 0. The largest absolute Gasteiger partial charge is 0.380 e. The van der Waals surface area contributed by atoms with Crippen LogP contribution in [0.5, 0.6) is 0 Å². The number of hydrogen-bond donors (Lipinski definition) is 1. The third-order valence-corrected chi connectivity index (χ3v) is 3.08. The van der Waals surface area contributed by atoms with Crippen molar-refractivity contribution in [3.8, 4) is 0 Å². The number of halogens is 2. The number of carbonyl (C=O) groups excluding carboxylic acids is 1. The molecule has 19 heavy (non-hydrogen) atoms. The molecule has 0 aromatic rings. The molecule has 116 valence electrons. The number of nitrogens with two attached hydrogens (primary N) is 1. The van der Waals surface area contributed by atoms with Gasteiger partial charge in [-0.05, 0) is 19.9 Å². The molecule has 0 spiro atoms. The van der Waals surface area contributed by atoms with Crippen molar-refractivity contribution in [3.05, 3.63) is 0 Å². The number of piperazine rings is 1. The summed E-state index contributed by atoms with van der Waals surface area (Å²) in [5, 5.41) is 0. The van der Waals surface area contributed by atoms with E-state index in [-0.39, 0.29) is 30.7 Å². The van der Waals surface area contributed by atoms with Crippen LogP contribution in [0.4, 0.5) is 0 Å². The summed E-state index contributed by atoms with van der Waals surface area (Å²) in [4.78, 5) is 16.1. The lowest BCUT2D eigenvalue weighted by molar-refractivity contribution is -0.133. The Hall–Kier alpha value is -0.0700. The summed E-state index contributed by atoms with van der Waals surface area (Å²) in [6.45, 7) is 8.75. The van der Waals surface area contributed by atoms with Crippen LogP contribution < -0.4 is 5.73 Å². The molecular formula is C12H27Cl2N3O2. The summed E-state index contributed by atoms with van der Waals surface area (Å²) in [6.07, 6.45) is 1.39. The molecule has 1 amide bonds. The minimum absolute atomic E-state index is 0. The lowest BCUT2D eigenvalue weighted by Gasteiger charge is -2.34. The van der Waals surface area contributed by atoms with E-state index in [2.05, 4.69) is 4.90 Å². The highest BCUT2D eigenvalue weighted by molar-refractivity contribution is 5.85. The van der Waals surface area contributed by atoms with Crippen molar-refractivity contribution in [3.63, 3.8) is 0 Å². The van der Waals surface area contributed by atoms with E-state index in [0.717, 1.165) is 52.4 Å². The number of nitrogens with zero attached hydrogens (tertiary/aromatic N) is 2. The Bertz CT molecular complexity index is 225. The van der Waals surface area contributed by atoms with E-state index in [0.29, 0.717) is 13.0 Å². The van der Waals surface area contributed by atoms with Gasteiger partial charge in [0.2, 0.25) is 5.91 Å². The number of amides is 1. The van der Waals surface area contributed by atoms with Crippen LogP contribution in [0.25, 0.3) is 0 Å². The number of rotatable bonds is 7. The molecule has 5 nitrogen and oxygen atoms in total. The fourth-order valence-corrected chi connectivity index (χ4v) is 1.97. The van der Waals surface area contributed by atoms with E-state index in [1.165, 1.54) is 0 Å². The van der Waals surface area contributed by atoms with Crippen LogP contribution in [-0.4, -0.2) is 68.2 Å². The van der Waals surface area contributed by atoms with Gasteiger partial charge in [-0.25, -0.2) is 0 Å². The minimum Gasteiger partial charge on any atom is -0.380 e. The lowest BCUT2D eigenvalue weighted by atomic mass is 10.2. The zero-order chi connectivity index (χ0) is 12.5. The minimum atomic E-state index is 0. The first-order valence-electron chi connectivity index (χ1n) is 6.56. The molecular weight excluding hydrogens is 289 g/mol. The summed E-state index contributed by atoms with van der Waals surface area (Å²) >= 11 is 0.